The Morgan fingerprint density at radius 2 is 1.79 bits per heavy atom. The van der Waals surface area contributed by atoms with Crippen molar-refractivity contribution in [3.05, 3.63) is 64.7 Å². The summed E-state index contributed by atoms with van der Waals surface area (Å²) in [6.07, 6.45) is 0.0146. The molecule has 1 saturated heterocycles. The van der Waals surface area contributed by atoms with Gasteiger partial charge in [0.15, 0.2) is 0 Å². The molecule has 8 heteroatoms. The van der Waals surface area contributed by atoms with Crippen LogP contribution < -0.4 is 4.72 Å². The van der Waals surface area contributed by atoms with E-state index in [9.17, 15) is 13.2 Å². The molecule has 0 spiro atoms. The van der Waals surface area contributed by atoms with E-state index in [1.54, 1.807) is 41.3 Å². The minimum Gasteiger partial charge on any atom is -0.372 e. The van der Waals surface area contributed by atoms with Crippen molar-refractivity contribution in [3.8, 4) is 0 Å². The largest absolute Gasteiger partial charge is 0.372 e. The molecule has 6 nitrogen and oxygen atoms in total. The average molecular weight is 423 g/mol. The van der Waals surface area contributed by atoms with Crippen LogP contribution in [0.15, 0.2) is 53.4 Å². The minimum atomic E-state index is -3.66. The molecule has 2 aromatic rings. The molecule has 1 N–H and O–H groups in total. The molecule has 0 bridgehead atoms. The summed E-state index contributed by atoms with van der Waals surface area (Å²) in [7, 11) is -3.66. The molecule has 1 fully saturated rings. The summed E-state index contributed by atoms with van der Waals surface area (Å²) in [5.74, 6) is -0.0481. The van der Waals surface area contributed by atoms with E-state index >= 15 is 0 Å². The molecule has 1 aliphatic heterocycles. The lowest BCUT2D eigenvalue weighted by molar-refractivity contribution is -0.0586. The average Bonchev–Trinajstić information content (AvgIpc) is 2.65. The lowest BCUT2D eigenvalue weighted by Gasteiger charge is -2.35. The molecule has 1 heterocycles. The van der Waals surface area contributed by atoms with Crippen molar-refractivity contribution in [1.82, 2.24) is 9.62 Å². The third-order valence-electron chi connectivity index (χ3n) is 4.48. The first-order valence-corrected chi connectivity index (χ1v) is 10.9. The maximum Gasteiger partial charge on any atom is 0.254 e. The topological polar surface area (TPSA) is 75.7 Å². The zero-order valence-corrected chi connectivity index (χ0v) is 17.3. The molecule has 0 saturated carbocycles. The smallest absolute Gasteiger partial charge is 0.254 e. The van der Waals surface area contributed by atoms with Crippen LogP contribution >= 0.6 is 11.6 Å². The number of nitrogens with one attached hydrogen (secondary N) is 1. The summed E-state index contributed by atoms with van der Waals surface area (Å²) in [5, 5.41) is 0.359. The quantitative estimate of drug-likeness (QED) is 0.803. The second-order valence-electron chi connectivity index (χ2n) is 6.95. The van der Waals surface area contributed by atoms with E-state index in [4.69, 9.17) is 16.3 Å². The van der Waals surface area contributed by atoms with Gasteiger partial charge in [-0.2, -0.15) is 0 Å². The SMILES string of the molecule is C[C@H]1CN(C(=O)c2ccc(CNS(=O)(=O)c3cccc(Cl)c3)cc2)C[C@H](C)O1. The molecule has 0 unspecified atom stereocenters. The zero-order chi connectivity index (χ0) is 20.3. The van der Waals surface area contributed by atoms with Gasteiger partial charge in [-0.05, 0) is 49.7 Å². The number of ether oxygens (including phenoxy) is 1. The van der Waals surface area contributed by atoms with Gasteiger partial charge < -0.3 is 9.64 Å². The van der Waals surface area contributed by atoms with Gasteiger partial charge >= 0.3 is 0 Å². The molecule has 2 aromatic carbocycles. The van der Waals surface area contributed by atoms with E-state index in [0.29, 0.717) is 23.7 Å². The Morgan fingerprint density at radius 3 is 2.39 bits per heavy atom. The lowest BCUT2D eigenvalue weighted by Crippen LogP contribution is -2.48. The van der Waals surface area contributed by atoms with Gasteiger partial charge in [-0.25, -0.2) is 13.1 Å². The molecule has 150 valence electrons. The van der Waals surface area contributed by atoms with Gasteiger partial charge in [0.1, 0.15) is 0 Å². The lowest BCUT2D eigenvalue weighted by atomic mass is 10.1. The summed E-state index contributed by atoms with van der Waals surface area (Å²) in [6, 6.07) is 13.0. The fraction of sp³-hybridized carbons (Fsp3) is 0.350. The molecule has 0 radical (unpaired) electrons. The molecule has 0 aliphatic carbocycles. The third-order valence-corrected chi connectivity index (χ3v) is 6.11. The summed E-state index contributed by atoms with van der Waals surface area (Å²) in [5.41, 5.74) is 1.33. The minimum absolute atomic E-state index is 0.00729. The highest BCUT2D eigenvalue weighted by Crippen LogP contribution is 2.17. The summed E-state index contributed by atoms with van der Waals surface area (Å²) in [4.78, 5) is 14.6. The van der Waals surface area contributed by atoms with Crippen LogP contribution in [0.2, 0.25) is 5.02 Å². The van der Waals surface area contributed by atoms with E-state index in [1.165, 1.54) is 12.1 Å². The van der Waals surface area contributed by atoms with Gasteiger partial charge in [-0.1, -0.05) is 29.8 Å². The third kappa shape index (κ3) is 5.11. The first-order valence-electron chi connectivity index (χ1n) is 9.03. The van der Waals surface area contributed by atoms with Crippen LogP contribution in [0.3, 0.4) is 0 Å². The molecule has 3 rings (SSSR count). The number of carbonyl (C=O) groups excluding carboxylic acids is 1. The summed E-state index contributed by atoms with van der Waals surface area (Å²) >= 11 is 5.86. The van der Waals surface area contributed by atoms with Gasteiger partial charge in [0, 0.05) is 30.2 Å². The predicted octanol–water partition coefficient (Wildman–Crippen LogP) is 3.07. The number of nitrogens with zero attached hydrogens (tertiary/aromatic N) is 1. The normalized spacial score (nSPS) is 20.2. The Bertz CT molecular complexity index is 937. The monoisotopic (exact) mass is 422 g/mol. The van der Waals surface area contributed by atoms with Crippen molar-refractivity contribution in [2.75, 3.05) is 13.1 Å². The van der Waals surface area contributed by atoms with Crippen LogP contribution in [-0.4, -0.2) is 44.5 Å². The fourth-order valence-electron chi connectivity index (χ4n) is 3.19. The maximum absolute atomic E-state index is 12.7. The Morgan fingerprint density at radius 1 is 1.14 bits per heavy atom. The van der Waals surface area contributed by atoms with Gasteiger partial charge in [0.2, 0.25) is 10.0 Å². The first-order chi connectivity index (χ1) is 13.2. The molecule has 28 heavy (non-hydrogen) atoms. The number of sulfonamides is 1. The van der Waals surface area contributed by atoms with Crippen LogP contribution in [0, 0.1) is 0 Å². The number of benzene rings is 2. The van der Waals surface area contributed by atoms with Gasteiger partial charge in [-0.3, -0.25) is 4.79 Å². The highest BCUT2D eigenvalue weighted by atomic mass is 35.5. The van der Waals surface area contributed by atoms with Gasteiger partial charge in [0.05, 0.1) is 17.1 Å². The van der Waals surface area contributed by atoms with Crippen LogP contribution in [0.1, 0.15) is 29.8 Å². The molecule has 1 aliphatic rings. The van der Waals surface area contributed by atoms with Crippen LogP contribution in [0.25, 0.3) is 0 Å². The number of hydrogen-bond donors (Lipinski definition) is 1. The Kier molecular flexibility index (Phi) is 6.40. The second kappa shape index (κ2) is 8.61. The van der Waals surface area contributed by atoms with Crippen LogP contribution in [0.4, 0.5) is 0 Å². The second-order valence-corrected chi connectivity index (χ2v) is 9.15. The van der Waals surface area contributed by atoms with Crippen LogP contribution in [-0.2, 0) is 21.3 Å². The molecule has 0 aromatic heterocycles. The van der Waals surface area contributed by atoms with Crippen molar-refractivity contribution in [1.29, 1.82) is 0 Å². The Balaban J connectivity index is 1.64. The molecular weight excluding hydrogens is 400 g/mol. The maximum atomic E-state index is 12.7. The van der Waals surface area contributed by atoms with Gasteiger partial charge in [0.25, 0.3) is 5.91 Å². The number of morpholine rings is 1. The summed E-state index contributed by atoms with van der Waals surface area (Å²) in [6.45, 7) is 5.14. The highest BCUT2D eigenvalue weighted by molar-refractivity contribution is 7.89. The van der Waals surface area contributed by atoms with E-state index < -0.39 is 10.0 Å². The Hall–Kier alpha value is -1.93. The summed E-state index contributed by atoms with van der Waals surface area (Å²) < 4.78 is 32.9. The van der Waals surface area contributed by atoms with Crippen molar-refractivity contribution < 1.29 is 17.9 Å². The standard InChI is InChI=1S/C20H23ClN2O4S/c1-14-12-23(13-15(2)27-14)20(24)17-8-6-16(7-9-17)11-22-28(25,26)19-5-3-4-18(21)10-19/h3-10,14-15,22H,11-13H2,1-2H3/t14-,15-/m0/s1. The zero-order valence-electron chi connectivity index (χ0n) is 15.8. The van der Waals surface area contributed by atoms with Gasteiger partial charge in [-0.15, -0.1) is 0 Å². The van der Waals surface area contributed by atoms with Crippen molar-refractivity contribution in [2.24, 2.45) is 0 Å². The van der Waals surface area contributed by atoms with E-state index in [-0.39, 0.29) is 29.6 Å². The first kappa shape index (κ1) is 20.8. The predicted molar refractivity (Wildman–Crippen MR) is 108 cm³/mol. The van der Waals surface area contributed by atoms with Crippen molar-refractivity contribution >= 4 is 27.5 Å². The Labute approximate surface area is 170 Å². The number of halogens is 1. The van der Waals surface area contributed by atoms with Crippen molar-refractivity contribution in [2.45, 2.75) is 37.5 Å². The van der Waals surface area contributed by atoms with E-state index in [2.05, 4.69) is 4.72 Å². The number of amides is 1. The molecule has 1 amide bonds. The molecular formula is C20H23ClN2O4S. The van der Waals surface area contributed by atoms with E-state index in [1.807, 2.05) is 13.8 Å². The fourth-order valence-corrected chi connectivity index (χ4v) is 4.51. The van der Waals surface area contributed by atoms with E-state index in [0.717, 1.165) is 5.56 Å². The number of carbonyl (C=O) groups is 1. The van der Waals surface area contributed by atoms with Crippen molar-refractivity contribution in [3.63, 3.8) is 0 Å². The highest BCUT2D eigenvalue weighted by Gasteiger charge is 2.26. The molecule has 2 atom stereocenters. The number of hydrogen-bond acceptors (Lipinski definition) is 4. The van der Waals surface area contributed by atoms with Crippen LogP contribution in [0.5, 0.6) is 0 Å². The number of rotatable bonds is 5.